The van der Waals surface area contributed by atoms with Gasteiger partial charge in [0.15, 0.2) is 0 Å². The van der Waals surface area contributed by atoms with E-state index in [9.17, 15) is 4.39 Å². The number of ether oxygens (including phenoxy) is 1. The standard InChI is InChI=1S/C32H36F2N4O/c1-20-24-7-3-5-21(25(24)10-13-35-20)6-4-14-38-15-11-22(12-16-38)29-18-27-31(28(34)19-36-32(27)37-29)26-17-23(33)8-9-30(26)39-2/h3,5,7-9,17-20,22,35H,4,6,10-16H2,1-2H3,(H,36,37). The zero-order chi connectivity index (χ0) is 26.9. The molecular formula is C32H36F2N4O. The Morgan fingerprint density at radius 3 is 2.77 bits per heavy atom. The quantitative estimate of drug-likeness (QED) is 0.285. The molecule has 204 valence electrons. The van der Waals surface area contributed by atoms with Gasteiger partial charge in [0.25, 0.3) is 0 Å². The van der Waals surface area contributed by atoms with E-state index in [1.807, 2.05) is 6.07 Å². The molecule has 2 aromatic carbocycles. The third kappa shape index (κ3) is 5.18. The van der Waals surface area contributed by atoms with E-state index in [0.29, 0.717) is 39.9 Å². The Kier molecular flexibility index (Phi) is 7.36. The molecule has 5 nitrogen and oxygen atoms in total. The minimum Gasteiger partial charge on any atom is -0.496 e. The maximum atomic E-state index is 15.0. The number of aryl methyl sites for hydroxylation is 1. The van der Waals surface area contributed by atoms with Gasteiger partial charge in [-0.1, -0.05) is 18.2 Å². The van der Waals surface area contributed by atoms with Gasteiger partial charge in [0, 0.05) is 34.2 Å². The molecule has 0 saturated carbocycles. The molecule has 1 unspecified atom stereocenters. The van der Waals surface area contributed by atoms with Gasteiger partial charge in [-0.3, -0.25) is 0 Å². The van der Waals surface area contributed by atoms with Crippen LogP contribution >= 0.6 is 0 Å². The lowest BCUT2D eigenvalue weighted by molar-refractivity contribution is 0.209. The van der Waals surface area contributed by atoms with Crippen LogP contribution in [0.4, 0.5) is 8.78 Å². The van der Waals surface area contributed by atoms with Crippen LogP contribution in [0.25, 0.3) is 22.2 Å². The van der Waals surface area contributed by atoms with Crippen molar-refractivity contribution in [2.24, 2.45) is 0 Å². The van der Waals surface area contributed by atoms with E-state index in [-0.39, 0.29) is 0 Å². The second-order valence-corrected chi connectivity index (χ2v) is 10.9. The van der Waals surface area contributed by atoms with E-state index in [4.69, 9.17) is 4.74 Å². The molecule has 0 amide bonds. The number of nitrogens with one attached hydrogen (secondary N) is 2. The second kappa shape index (κ2) is 11.1. The van der Waals surface area contributed by atoms with Crippen LogP contribution in [0, 0.1) is 11.6 Å². The summed E-state index contributed by atoms with van der Waals surface area (Å²) in [5.74, 6) is -0.133. The average Bonchev–Trinajstić information content (AvgIpc) is 3.38. The molecule has 2 aliphatic rings. The van der Waals surface area contributed by atoms with Crippen LogP contribution in [0.5, 0.6) is 5.75 Å². The average molecular weight is 531 g/mol. The van der Waals surface area contributed by atoms with E-state index in [1.54, 1.807) is 5.56 Å². The summed E-state index contributed by atoms with van der Waals surface area (Å²) in [6, 6.07) is 13.4. The molecule has 1 fully saturated rings. The first-order valence-electron chi connectivity index (χ1n) is 14.1. The molecule has 0 spiro atoms. The van der Waals surface area contributed by atoms with E-state index >= 15 is 4.39 Å². The first-order chi connectivity index (χ1) is 19.0. The zero-order valence-electron chi connectivity index (χ0n) is 22.7. The predicted octanol–water partition coefficient (Wildman–Crippen LogP) is 6.54. The maximum Gasteiger partial charge on any atom is 0.150 e. The molecule has 39 heavy (non-hydrogen) atoms. The van der Waals surface area contributed by atoms with Gasteiger partial charge in [-0.2, -0.15) is 0 Å². The fourth-order valence-corrected chi connectivity index (χ4v) is 6.52. The molecule has 2 aromatic heterocycles. The summed E-state index contributed by atoms with van der Waals surface area (Å²) in [6.45, 7) is 6.50. The Labute approximate surface area is 228 Å². The summed E-state index contributed by atoms with van der Waals surface area (Å²) < 4.78 is 34.6. The van der Waals surface area contributed by atoms with Crippen LogP contribution < -0.4 is 10.1 Å². The van der Waals surface area contributed by atoms with Crippen LogP contribution in [-0.4, -0.2) is 48.2 Å². The number of likely N-dealkylation sites (tertiary alicyclic amines) is 1. The Hall–Kier alpha value is -3.29. The number of pyridine rings is 1. The van der Waals surface area contributed by atoms with Crippen LogP contribution in [0.1, 0.15) is 60.5 Å². The van der Waals surface area contributed by atoms with Gasteiger partial charge in [0.05, 0.1) is 13.3 Å². The van der Waals surface area contributed by atoms with E-state index < -0.39 is 11.6 Å². The topological polar surface area (TPSA) is 53.2 Å². The summed E-state index contributed by atoms with van der Waals surface area (Å²) in [4.78, 5) is 10.3. The van der Waals surface area contributed by atoms with Crippen molar-refractivity contribution in [2.75, 3.05) is 33.3 Å². The summed E-state index contributed by atoms with van der Waals surface area (Å²) in [7, 11) is 1.51. The summed E-state index contributed by atoms with van der Waals surface area (Å²) in [5.41, 5.74) is 6.94. The van der Waals surface area contributed by atoms with Gasteiger partial charge < -0.3 is 19.9 Å². The van der Waals surface area contributed by atoms with Crippen molar-refractivity contribution >= 4 is 11.0 Å². The van der Waals surface area contributed by atoms with Crippen LogP contribution in [-0.2, 0) is 12.8 Å². The fraction of sp³-hybridized carbons (Fsp3) is 0.406. The third-order valence-electron chi connectivity index (χ3n) is 8.61. The van der Waals surface area contributed by atoms with Crippen LogP contribution in [0.15, 0.2) is 48.7 Å². The normalized spacial score (nSPS) is 18.4. The SMILES string of the molecule is COc1ccc(F)cc1-c1c(F)cnc2[nH]c(C3CCN(CCCc4cccc5c4CCNC5C)CC3)cc12. The Bertz CT molecular complexity index is 1470. The summed E-state index contributed by atoms with van der Waals surface area (Å²) >= 11 is 0. The van der Waals surface area contributed by atoms with E-state index in [1.165, 1.54) is 42.6 Å². The van der Waals surface area contributed by atoms with Crippen molar-refractivity contribution in [1.82, 2.24) is 20.2 Å². The highest BCUT2D eigenvalue weighted by Crippen LogP contribution is 2.39. The number of piperidine rings is 1. The number of halogens is 2. The molecule has 7 heteroatoms. The highest BCUT2D eigenvalue weighted by molar-refractivity contribution is 5.95. The van der Waals surface area contributed by atoms with Crippen molar-refractivity contribution in [3.63, 3.8) is 0 Å². The molecular weight excluding hydrogens is 494 g/mol. The maximum absolute atomic E-state index is 15.0. The minimum absolute atomic E-state index is 0.324. The van der Waals surface area contributed by atoms with Gasteiger partial charge in [-0.25, -0.2) is 13.8 Å². The number of fused-ring (bicyclic) bond motifs is 2. The number of aromatic amines is 1. The largest absolute Gasteiger partial charge is 0.496 e. The molecule has 4 heterocycles. The number of rotatable bonds is 7. The Balaban J connectivity index is 1.12. The molecule has 4 aromatic rings. The number of aromatic nitrogens is 2. The molecule has 2 aliphatic heterocycles. The van der Waals surface area contributed by atoms with Crippen molar-refractivity contribution in [2.45, 2.75) is 51.0 Å². The minimum atomic E-state index is -0.489. The van der Waals surface area contributed by atoms with E-state index in [0.717, 1.165) is 64.0 Å². The highest BCUT2D eigenvalue weighted by atomic mass is 19.1. The predicted molar refractivity (Wildman–Crippen MR) is 151 cm³/mol. The van der Waals surface area contributed by atoms with Gasteiger partial charge >= 0.3 is 0 Å². The van der Waals surface area contributed by atoms with Crippen molar-refractivity contribution < 1.29 is 13.5 Å². The summed E-state index contributed by atoms with van der Waals surface area (Å²) in [5, 5.41) is 4.23. The first kappa shape index (κ1) is 26.0. The van der Waals surface area contributed by atoms with Crippen LogP contribution in [0.2, 0.25) is 0 Å². The lowest BCUT2D eigenvalue weighted by Crippen LogP contribution is -2.34. The Morgan fingerprint density at radius 1 is 1.10 bits per heavy atom. The zero-order valence-corrected chi connectivity index (χ0v) is 22.7. The lowest BCUT2D eigenvalue weighted by atomic mass is 9.89. The molecule has 0 aliphatic carbocycles. The number of benzene rings is 2. The first-order valence-corrected chi connectivity index (χ1v) is 14.1. The van der Waals surface area contributed by atoms with Gasteiger partial charge in [-0.05, 0) is 106 Å². The van der Waals surface area contributed by atoms with Crippen LogP contribution in [0.3, 0.4) is 0 Å². The van der Waals surface area contributed by atoms with Gasteiger partial charge in [0.2, 0.25) is 0 Å². The van der Waals surface area contributed by atoms with Crippen molar-refractivity contribution in [1.29, 1.82) is 0 Å². The highest BCUT2D eigenvalue weighted by Gasteiger charge is 2.25. The molecule has 0 radical (unpaired) electrons. The number of H-pyrrole nitrogens is 1. The monoisotopic (exact) mass is 530 g/mol. The molecule has 0 bridgehead atoms. The van der Waals surface area contributed by atoms with Gasteiger partial charge in [0.1, 0.15) is 23.0 Å². The van der Waals surface area contributed by atoms with Crippen molar-refractivity contribution in [3.8, 4) is 16.9 Å². The smallest absolute Gasteiger partial charge is 0.150 e. The fourth-order valence-electron chi connectivity index (χ4n) is 6.52. The second-order valence-electron chi connectivity index (χ2n) is 10.9. The Morgan fingerprint density at radius 2 is 1.95 bits per heavy atom. The number of nitrogens with zero attached hydrogens (tertiary/aromatic N) is 2. The number of hydrogen-bond donors (Lipinski definition) is 2. The molecule has 1 saturated heterocycles. The van der Waals surface area contributed by atoms with E-state index in [2.05, 4.69) is 45.3 Å². The number of hydrogen-bond acceptors (Lipinski definition) is 4. The molecule has 2 N–H and O–H groups in total. The lowest BCUT2D eigenvalue weighted by Gasteiger charge is -2.31. The molecule has 1 atom stereocenters. The molecule has 6 rings (SSSR count). The number of methoxy groups -OCH3 is 1. The summed E-state index contributed by atoms with van der Waals surface area (Å²) in [6.07, 6.45) is 6.69. The van der Waals surface area contributed by atoms with Gasteiger partial charge in [-0.15, -0.1) is 0 Å². The van der Waals surface area contributed by atoms with Crippen molar-refractivity contribution in [3.05, 3.63) is 82.7 Å². The third-order valence-corrected chi connectivity index (χ3v) is 8.61.